The van der Waals surface area contributed by atoms with Gasteiger partial charge in [0.05, 0.1) is 0 Å². The minimum absolute atomic E-state index is 0.0272. The van der Waals surface area contributed by atoms with Crippen molar-refractivity contribution in [1.82, 2.24) is 0 Å². The number of carboxylic acids is 1. The molecule has 0 saturated heterocycles. The first kappa shape index (κ1) is 14.7. The third-order valence-electron chi connectivity index (χ3n) is 3.08. The molecule has 0 heterocycles. The van der Waals surface area contributed by atoms with Crippen molar-refractivity contribution in [3.63, 3.8) is 0 Å². The molecule has 6 heteroatoms. The van der Waals surface area contributed by atoms with E-state index in [0.717, 1.165) is 0 Å². The summed E-state index contributed by atoms with van der Waals surface area (Å²) in [4.78, 5) is 21.3. The highest BCUT2D eigenvalue weighted by Gasteiger charge is 2.54. The lowest BCUT2D eigenvalue weighted by Crippen LogP contribution is -2.38. The Bertz CT molecular complexity index is 453. The lowest BCUT2D eigenvalue weighted by molar-refractivity contribution is -0.140. The van der Waals surface area contributed by atoms with Crippen LogP contribution in [0.15, 0.2) is 30.3 Å². The molecule has 1 atom stereocenters. The molecule has 0 aliphatic carbocycles. The summed E-state index contributed by atoms with van der Waals surface area (Å²) in [6.07, 6.45) is 0.0545. The van der Waals surface area contributed by atoms with Gasteiger partial charge in [-0.25, -0.2) is 4.57 Å². The average Bonchev–Trinajstić information content (AvgIpc) is 2.31. The van der Waals surface area contributed by atoms with Crippen LogP contribution >= 0.6 is 7.60 Å². The Hall–Kier alpha value is -1.32. The standard InChI is InChI=1S/C12H17O5P/c1-3-12(4-2,11(13)14)18(15,16)17-10-8-6-5-7-9-10/h5-9H,3-4H2,1-2H3,(H,13,14)(H,15,16). The van der Waals surface area contributed by atoms with Gasteiger partial charge in [0.2, 0.25) is 0 Å². The number of rotatable bonds is 6. The number of hydrogen-bond donors (Lipinski definition) is 2. The van der Waals surface area contributed by atoms with Gasteiger partial charge >= 0.3 is 13.6 Å². The fraction of sp³-hybridized carbons (Fsp3) is 0.417. The minimum atomic E-state index is -4.31. The predicted molar refractivity (Wildman–Crippen MR) is 67.8 cm³/mol. The molecule has 18 heavy (non-hydrogen) atoms. The van der Waals surface area contributed by atoms with E-state index in [1.54, 1.807) is 32.0 Å². The number of aliphatic carboxylic acids is 1. The summed E-state index contributed by atoms with van der Waals surface area (Å²) in [5, 5.41) is 7.46. The zero-order valence-electron chi connectivity index (χ0n) is 10.4. The topological polar surface area (TPSA) is 83.8 Å². The van der Waals surface area contributed by atoms with Gasteiger partial charge in [0, 0.05) is 0 Å². The fourth-order valence-electron chi connectivity index (χ4n) is 1.78. The molecule has 0 spiro atoms. The van der Waals surface area contributed by atoms with Crippen LogP contribution in [0.1, 0.15) is 26.7 Å². The van der Waals surface area contributed by atoms with E-state index in [9.17, 15) is 19.4 Å². The van der Waals surface area contributed by atoms with Gasteiger partial charge in [0.15, 0.2) is 5.16 Å². The van der Waals surface area contributed by atoms with Gasteiger partial charge in [-0.2, -0.15) is 0 Å². The van der Waals surface area contributed by atoms with Gasteiger partial charge in [-0.1, -0.05) is 32.0 Å². The monoisotopic (exact) mass is 272 g/mol. The van der Waals surface area contributed by atoms with Crippen LogP contribution in [0.2, 0.25) is 0 Å². The van der Waals surface area contributed by atoms with Gasteiger partial charge in [-0.05, 0) is 25.0 Å². The number of carboxylic acid groups (broad SMARTS) is 1. The summed E-state index contributed by atoms with van der Waals surface area (Å²) in [6, 6.07) is 8.06. The first-order valence-electron chi connectivity index (χ1n) is 5.70. The first-order valence-corrected chi connectivity index (χ1v) is 7.28. The summed E-state index contributed by atoms with van der Waals surface area (Å²) >= 11 is 0. The van der Waals surface area contributed by atoms with E-state index in [0.29, 0.717) is 0 Å². The first-order chi connectivity index (χ1) is 8.39. The van der Waals surface area contributed by atoms with Crippen molar-refractivity contribution >= 4 is 13.6 Å². The van der Waals surface area contributed by atoms with Crippen LogP contribution in [0.5, 0.6) is 5.75 Å². The van der Waals surface area contributed by atoms with Crippen LogP contribution in [-0.4, -0.2) is 21.1 Å². The van der Waals surface area contributed by atoms with E-state index in [-0.39, 0.29) is 18.6 Å². The Kier molecular flexibility index (Phi) is 4.54. The smallest absolute Gasteiger partial charge is 0.393 e. The van der Waals surface area contributed by atoms with Crippen LogP contribution in [0.25, 0.3) is 0 Å². The molecule has 0 saturated carbocycles. The summed E-state index contributed by atoms with van der Waals surface area (Å²) < 4.78 is 17.3. The van der Waals surface area contributed by atoms with E-state index >= 15 is 0 Å². The third kappa shape index (κ3) is 2.57. The van der Waals surface area contributed by atoms with E-state index in [4.69, 9.17) is 4.52 Å². The number of hydrogen-bond acceptors (Lipinski definition) is 3. The molecule has 5 nitrogen and oxygen atoms in total. The van der Waals surface area contributed by atoms with Crippen LogP contribution < -0.4 is 4.52 Å². The fourth-order valence-corrected chi connectivity index (χ4v) is 3.41. The zero-order chi connectivity index (χ0) is 13.8. The number of para-hydroxylation sites is 1. The summed E-state index contributed by atoms with van der Waals surface area (Å²) in [6.45, 7) is 3.13. The molecular formula is C12H17O5P. The maximum absolute atomic E-state index is 12.3. The maximum atomic E-state index is 12.3. The molecule has 0 aromatic heterocycles. The van der Waals surface area contributed by atoms with Gasteiger partial charge < -0.3 is 14.5 Å². The summed E-state index contributed by atoms with van der Waals surface area (Å²) in [5.41, 5.74) is 0. The summed E-state index contributed by atoms with van der Waals surface area (Å²) in [7, 11) is -4.31. The highest BCUT2D eigenvalue weighted by Crippen LogP contribution is 2.58. The largest absolute Gasteiger partial charge is 0.480 e. The van der Waals surface area contributed by atoms with Crippen LogP contribution in [0.4, 0.5) is 0 Å². The second kappa shape index (κ2) is 5.55. The molecule has 0 amide bonds. The van der Waals surface area contributed by atoms with Crippen molar-refractivity contribution in [3.05, 3.63) is 30.3 Å². The Morgan fingerprint density at radius 3 is 2.17 bits per heavy atom. The van der Waals surface area contributed by atoms with Crippen molar-refractivity contribution in [1.29, 1.82) is 0 Å². The van der Waals surface area contributed by atoms with Gasteiger partial charge in [-0.15, -0.1) is 0 Å². The molecule has 0 aliphatic heterocycles. The summed E-state index contributed by atoms with van der Waals surface area (Å²) in [5.74, 6) is -1.12. The van der Waals surface area contributed by atoms with Gasteiger partial charge in [0.25, 0.3) is 0 Å². The lowest BCUT2D eigenvalue weighted by Gasteiger charge is -2.30. The van der Waals surface area contributed by atoms with E-state index in [2.05, 4.69) is 0 Å². The van der Waals surface area contributed by atoms with Crippen LogP contribution in [0, 0.1) is 0 Å². The Balaban J connectivity index is 3.11. The molecule has 2 N–H and O–H groups in total. The molecule has 0 bridgehead atoms. The Labute approximate surface area is 106 Å². The minimum Gasteiger partial charge on any atom is -0.480 e. The third-order valence-corrected chi connectivity index (χ3v) is 5.44. The van der Waals surface area contributed by atoms with Crippen LogP contribution in [-0.2, 0) is 9.36 Å². The van der Waals surface area contributed by atoms with E-state index in [1.807, 2.05) is 0 Å². The molecule has 0 radical (unpaired) electrons. The molecular weight excluding hydrogens is 255 g/mol. The van der Waals surface area contributed by atoms with Crippen molar-refractivity contribution in [2.75, 3.05) is 0 Å². The number of benzene rings is 1. The highest BCUT2D eigenvalue weighted by molar-refractivity contribution is 7.56. The second-order valence-corrected chi connectivity index (χ2v) is 6.05. The normalized spacial score (nSPS) is 14.8. The van der Waals surface area contributed by atoms with Crippen molar-refractivity contribution in [2.45, 2.75) is 31.8 Å². The van der Waals surface area contributed by atoms with E-state index in [1.165, 1.54) is 12.1 Å². The number of carbonyl (C=O) groups is 1. The quantitative estimate of drug-likeness (QED) is 0.778. The molecule has 1 aromatic rings. The van der Waals surface area contributed by atoms with Crippen molar-refractivity contribution in [3.8, 4) is 5.75 Å². The van der Waals surface area contributed by atoms with Crippen molar-refractivity contribution < 1.29 is 23.9 Å². The predicted octanol–water partition coefficient (Wildman–Crippen LogP) is 2.89. The maximum Gasteiger partial charge on any atom is 0.393 e. The zero-order valence-corrected chi connectivity index (χ0v) is 11.3. The molecule has 0 aliphatic rings. The molecule has 1 aromatic carbocycles. The van der Waals surface area contributed by atoms with Crippen LogP contribution in [0.3, 0.4) is 0 Å². The lowest BCUT2D eigenvalue weighted by atomic mass is 10.0. The molecule has 100 valence electrons. The van der Waals surface area contributed by atoms with E-state index < -0.39 is 18.7 Å². The Morgan fingerprint density at radius 2 is 1.78 bits per heavy atom. The Morgan fingerprint density at radius 1 is 1.28 bits per heavy atom. The molecule has 0 fully saturated rings. The van der Waals surface area contributed by atoms with Gasteiger partial charge in [0.1, 0.15) is 5.75 Å². The van der Waals surface area contributed by atoms with Gasteiger partial charge in [-0.3, -0.25) is 4.79 Å². The molecule has 1 rings (SSSR count). The molecule has 1 unspecified atom stereocenters. The SMILES string of the molecule is CCC(CC)(C(=O)O)P(=O)(O)Oc1ccccc1. The van der Waals surface area contributed by atoms with Crippen molar-refractivity contribution in [2.24, 2.45) is 0 Å². The highest BCUT2D eigenvalue weighted by atomic mass is 31.2. The second-order valence-electron chi connectivity index (χ2n) is 3.97. The average molecular weight is 272 g/mol.